The highest BCUT2D eigenvalue weighted by Gasteiger charge is 2.49. The second-order valence-electron chi connectivity index (χ2n) is 7.30. The van der Waals surface area contributed by atoms with Gasteiger partial charge in [-0.1, -0.05) is 11.6 Å². The normalized spacial score (nSPS) is 16.8. The van der Waals surface area contributed by atoms with Crippen molar-refractivity contribution in [1.82, 2.24) is 0 Å². The first kappa shape index (κ1) is 27.0. The summed E-state index contributed by atoms with van der Waals surface area (Å²) in [6.07, 6.45) is -10.4. The Hall–Kier alpha value is -3.22. The molecule has 0 bridgehead atoms. The van der Waals surface area contributed by atoms with Gasteiger partial charge in [0.1, 0.15) is 11.9 Å². The van der Waals surface area contributed by atoms with Crippen LogP contribution < -0.4 is 4.74 Å². The van der Waals surface area contributed by atoms with E-state index in [-0.39, 0.29) is 24.3 Å². The summed E-state index contributed by atoms with van der Waals surface area (Å²) in [4.78, 5) is 38.5. The molecule has 34 heavy (non-hydrogen) atoms. The van der Waals surface area contributed by atoms with E-state index < -0.39 is 47.5 Å². The molecule has 0 saturated heterocycles. The minimum absolute atomic E-state index is 0.0392. The summed E-state index contributed by atoms with van der Waals surface area (Å²) in [6.45, 7) is 5.30. The molecule has 0 N–H and O–H groups in total. The molecular formula is C20H21ClF3NO9. The second-order valence-corrected chi connectivity index (χ2v) is 7.68. The Balaban J connectivity index is 2.11. The molecule has 1 aromatic carbocycles. The van der Waals surface area contributed by atoms with E-state index >= 15 is 0 Å². The molecule has 3 unspecified atom stereocenters. The van der Waals surface area contributed by atoms with E-state index in [1.165, 1.54) is 13.0 Å². The molecule has 0 fully saturated rings. The molecule has 0 spiro atoms. The van der Waals surface area contributed by atoms with Crippen LogP contribution in [0.25, 0.3) is 6.08 Å². The highest BCUT2D eigenvalue weighted by molar-refractivity contribution is 6.32. The fraction of sp³-hybridized carbons (Fsp3) is 0.500. The Morgan fingerprint density at radius 2 is 1.88 bits per heavy atom. The number of halogens is 4. The van der Waals surface area contributed by atoms with E-state index in [9.17, 15) is 32.9 Å². The molecule has 1 aromatic rings. The summed E-state index contributed by atoms with van der Waals surface area (Å²) in [5.41, 5.74) is 0.224. The summed E-state index contributed by atoms with van der Waals surface area (Å²) in [6, 6.07) is 1.33. The van der Waals surface area contributed by atoms with Gasteiger partial charge in [0.2, 0.25) is 12.4 Å². The third-order valence-corrected chi connectivity index (χ3v) is 5.19. The molecule has 3 atom stereocenters. The zero-order chi connectivity index (χ0) is 25.8. The van der Waals surface area contributed by atoms with Crippen LogP contribution in [0.15, 0.2) is 11.6 Å². The van der Waals surface area contributed by atoms with Gasteiger partial charge in [-0.25, -0.2) is 9.59 Å². The number of aryl methyl sites for hydroxylation is 1. The number of ether oxygens (including phenoxy) is 4. The van der Waals surface area contributed by atoms with Gasteiger partial charge in [0.25, 0.3) is 5.09 Å². The van der Waals surface area contributed by atoms with E-state index in [1.54, 1.807) is 13.8 Å². The Labute approximate surface area is 196 Å². The predicted molar refractivity (Wildman–Crippen MR) is 110 cm³/mol. The van der Waals surface area contributed by atoms with Crippen molar-refractivity contribution in [2.24, 2.45) is 0 Å². The van der Waals surface area contributed by atoms with Gasteiger partial charge in [0.15, 0.2) is 0 Å². The zero-order valence-electron chi connectivity index (χ0n) is 18.4. The van der Waals surface area contributed by atoms with Gasteiger partial charge in [-0.3, -0.25) is 0 Å². The van der Waals surface area contributed by atoms with Gasteiger partial charge in [0.05, 0.1) is 12.2 Å². The third-order valence-electron chi connectivity index (χ3n) is 4.61. The number of esters is 1. The first-order valence-corrected chi connectivity index (χ1v) is 10.2. The van der Waals surface area contributed by atoms with Crippen molar-refractivity contribution in [2.45, 2.75) is 58.8 Å². The first-order valence-electron chi connectivity index (χ1n) is 9.80. The number of benzene rings is 1. The highest BCUT2D eigenvalue weighted by atomic mass is 35.5. The van der Waals surface area contributed by atoms with Crippen LogP contribution in [0.1, 0.15) is 37.0 Å². The Morgan fingerprint density at radius 1 is 1.24 bits per heavy atom. The lowest BCUT2D eigenvalue weighted by Crippen LogP contribution is -2.41. The van der Waals surface area contributed by atoms with Crippen molar-refractivity contribution >= 4 is 29.8 Å². The summed E-state index contributed by atoms with van der Waals surface area (Å²) in [5, 5.41) is 9.38. The van der Waals surface area contributed by atoms with Gasteiger partial charge < -0.3 is 23.8 Å². The van der Waals surface area contributed by atoms with Gasteiger partial charge >= 0.3 is 18.3 Å². The minimum atomic E-state index is -4.95. The number of hydrogen-bond donors (Lipinski definition) is 0. The highest BCUT2D eigenvalue weighted by Crippen LogP contribution is 2.41. The van der Waals surface area contributed by atoms with E-state index in [2.05, 4.69) is 4.84 Å². The van der Waals surface area contributed by atoms with Crippen LogP contribution in [0.4, 0.5) is 18.0 Å². The van der Waals surface area contributed by atoms with Crippen molar-refractivity contribution in [3.8, 4) is 5.75 Å². The number of fused-ring (bicyclic) bond motifs is 1. The number of nitrogens with zero attached hydrogens (tertiary/aromatic N) is 1. The van der Waals surface area contributed by atoms with Crippen LogP contribution in [0.3, 0.4) is 0 Å². The quantitative estimate of drug-likeness (QED) is 0.211. The van der Waals surface area contributed by atoms with Crippen molar-refractivity contribution in [3.05, 3.63) is 43.5 Å². The molecule has 188 valence electrons. The molecule has 10 nitrogen and oxygen atoms in total. The lowest BCUT2D eigenvalue weighted by Gasteiger charge is -2.29. The Bertz CT molecular complexity index is 996. The molecule has 1 aliphatic rings. The van der Waals surface area contributed by atoms with E-state index in [4.69, 9.17) is 30.5 Å². The minimum Gasteiger partial charge on any atom is -0.475 e. The monoisotopic (exact) mass is 511 g/mol. The van der Waals surface area contributed by atoms with Crippen molar-refractivity contribution in [3.63, 3.8) is 0 Å². The first-order chi connectivity index (χ1) is 15.7. The number of hydrogen-bond acceptors (Lipinski definition) is 9. The third kappa shape index (κ3) is 6.89. The number of rotatable bonds is 8. The SMILES string of the molecule is Cc1cc2c(c(C)c1Cl)C=C(C(=O)OC(C)OC(=O)OC(C)CCO[N+](=O)[O-])C(C(F)(F)F)O2. The van der Waals surface area contributed by atoms with Crippen molar-refractivity contribution < 1.29 is 51.6 Å². The maximum Gasteiger partial charge on any atom is 0.511 e. The van der Waals surface area contributed by atoms with Crippen LogP contribution in [0, 0.1) is 24.0 Å². The molecule has 0 amide bonds. The van der Waals surface area contributed by atoms with Crippen LogP contribution in [-0.2, 0) is 23.8 Å². The molecule has 0 aromatic heterocycles. The van der Waals surface area contributed by atoms with Gasteiger partial charge in [-0.05, 0) is 44.0 Å². The second kappa shape index (κ2) is 10.8. The topological polar surface area (TPSA) is 123 Å². The number of carbonyl (C=O) groups is 2. The molecule has 2 rings (SSSR count). The van der Waals surface area contributed by atoms with Crippen molar-refractivity contribution in [2.75, 3.05) is 6.61 Å². The van der Waals surface area contributed by atoms with E-state index in [0.717, 1.165) is 13.0 Å². The summed E-state index contributed by atoms with van der Waals surface area (Å²) >= 11 is 6.16. The molecule has 0 saturated carbocycles. The Kier molecular flexibility index (Phi) is 8.59. The van der Waals surface area contributed by atoms with Crippen LogP contribution in [0.2, 0.25) is 5.02 Å². The summed E-state index contributed by atoms with van der Waals surface area (Å²) in [5.74, 6) is -1.53. The summed E-state index contributed by atoms with van der Waals surface area (Å²) < 4.78 is 60.2. The maximum atomic E-state index is 13.6. The average Bonchev–Trinajstić information content (AvgIpc) is 2.70. The molecule has 1 aliphatic heterocycles. The van der Waals surface area contributed by atoms with Crippen LogP contribution >= 0.6 is 11.6 Å². The lowest BCUT2D eigenvalue weighted by molar-refractivity contribution is -0.758. The fourth-order valence-electron chi connectivity index (χ4n) is 2.97. The van der Waals surface area contributed by atoms with Gasteiger partial charge in [-0.15, -0.1) is 10.1 Å². The molecule has 0 radical (unpaired) electrons. The molecule has 0 aliphatic carbocycles. The van der Waals surface area contributed by atoms with E-state index in [1.807, 2.05) is 0 Å². The molecular weight excluding hydrogens is 491 g/mol. The average molecular weight is 512 g/mol. The van der Waals surface area contributed by atoms with Crippen molar-refractivity contribution in [1.29, 1.82) is 0 Å². The number of alkyl halides is 3. The van der Waals surface area contributed by atoms with Gasteiger partial charge in [-0.2, -0.15) is 13.2 Å². The number of carbonyl (C=O) groups excluding carboxylic acids is 2. The lowest BCUT2D eigenvalue weighted by atomic mass is 9.96. The van der Waals surface area contributed by atoms with E-state index in [0.29, 0.717) is 16.1 Å². The predicted octanol–water partition coefficient (Wildman–Crippen LogP) is 4.69. The molecule has 14 heteroatoms. The zero-order valence-corrected chi connectivity index (χ0v) is 19.2. The Morgan fingerprint density at radius 3 is 2.47 bits per heavy atom. The van der Waals surface area contributed by atoms with Crippen LogP contribution in [0.5, 0.6) is 5.75 Å². The van der Waals surface area contributed by atoms with Gasteiger partial charge in [0, 0.05) is 23.9 Å². The molecule has 1 heterocycles. The fourth-order valence-corrected chi connectivity index (χ4v) is 3.12. The largest absolute Gasteiger partial charge is 0.511 e. The summed E-state index contributed by atoms with van der Waals surface area (Å²) in [7, 11) is 0. The standard InChI is InChI=1S/C20H21ClF3NO9/c1-9-7-15-13(11(3)16(9)21)8-14(17(34-15)20(22,23)24)18(26)32-12(4)33-19(27)31-10(2)5-6-30-25(28)29/h7-8,10,12,17H,5-6H2,1-4H3. The smallest absolute Gasteiger partial charge is 0.475 e. The van der Waals surface area contributed by atoms with Crippen LogP contribution in [-0.4, -0.2) is 48.5 Å². The maximum absolute atomic E-state index is 13.6.